The average Bonchev–Trinajstić information content (AvgIpc) is 2.29. The molecule has 2 amide bonds. The number of amides is 2. The Balaban J connectivity index is 2.73. The third-order valence-corrected chi connectivity index (χ3v) is 2.93. The normalized spacial score (nSPS) is 10.9. The summed E-state index contributed by atoms with van der Waals surface area (Å²) in [6.07, 6.45) is 1.73. The predicted molar refractivity (Wildman–Crippen MR) is 78.9 cm³/mol. The molecule has 5 heteroatoms. The molecule has 0 aliphatic heterocycles. The highest BCUT2D eigenvalue weighted by atomic mass is 16.4. The fraction of sp³-hybridized carbons (Fsp3) is 0.467. The van der Waals surface area contributed by atoms with Gasteiger partial charge in [-0.15, -0.1) is 0 Å². The predicted octanol–water partition coefficient (Wildman–Crippen LogP) is 3.01. The highest BCUT2D eigenvalue weighted by Crippen LogP contribution is 2.17. The molecule has 0 atom stereocenters. The van der Waals surface area contributed by atoms with E-state index in [0.717, 1.165) is 12.8 Å². The van der Waals surface area contributed by atoms with Crippen molar-refractivity contribution in [2.45, 2.75) is 45.6 Å². The van der Waals surface area contributed by atoms with Crippen LogP contribution in [0.15, 0.2) is 24.3 Å². The van der Waals surface area contributed by atoms with E-state index in [2.05, 4.69) is 17.6 Å². The van der Waals surface area contributed by atoms with Crippen LogP contribution in [-0.2, 0) is 11.2 Å². The summed E-state index contributed by atoms with van der Waals surface area (Å²) in [6, 6.07) is 6.59. The molecule has 0 spiro atoms. The Morgan fingerprint density at radius 1 is 1.25 bits per heavy atom. The lowest BCUT2D eigenvalue weighted by Gasteiger charge is -2.26. The van der Waals surface area contributed by atoms with E-state index < -0.39 is 5.97 Å². The maximum absolute atomic E-state index is 12.0. The first-order valence-corrected chi connectivity index (χ1v) is 6.73. The molecule has 0 radical (unpaired) electrons. The number of hydrogen-bond acceptors (Lipinski definition) is 2. The molecule has 0 aliphatic carbocycles. The molecule has 5 nitrogen and oxygen atoms in total. The fourth-order valence-corrected chi connectivity index (χ4v) is 2.11. The number of carbonyl (C=O) groups excluding carboxylic acids is 1. The number of carboxylic acid groups (broad SMARTS) is 1. The SMILES string of the molecule is CCCC(C)(C)NC(=O)Nc1ccccc1CC(=O)O. The molecule has 0 aromatic heterocycles. The number of carboxylic acids is 1. The molecule has 0 bridgehead atoms. The van der Waals surface area contributed by atoms with E-state index in [1.54, 1.807) is 24.3 Å². The standard InChI is InChI=1S/C15H22N2O3/c1-4-9-15(2,3)17-14(20)16-12-8-6-5-7-11(12)10-13(18)19/h5-8H,4,9-10H2,1-3H3,(H,18,19)(H2,16,17,20). The number of nitrogens with one attached hydrogen (secondary N) is 2. The molecule has 0 unspecified atom stereocenters. The van der Waals surface area contributed by atoms with Crippen molar-refractivity contribution in [3.63, 3.8) is 0 Å². The molecule has 1 aromatic rings. The van der Waals surface area contributed by atoms with Crippen molar-refractivity contribution in [3.05, 3.63) is 29.8 Å². The Morgan fingerprint density at radius 2 is 1.90 bits per heavy atom. The van der Waals surface area contributed by atoms with Gasteiger partial charge in [-0.1, -0.05) is 31.5 Å². The van der Waals surface area contributed by atoms with Crippen molar-refractivity contribution in [1.82, 2.24) is 5.32 Å². The second-order valence-corrected chi connectivity index (χ2v) is 5.44. The van der Waals surface area contributed by atoms with Gasteiger partial charge in [0.25, 0.3) is 0 Å². The monoisotopic (exact) mass is 278 g/mol. The van der Waals surface area contributed by atoms with Crippen molar-refractivity contribution >= 4 is 17.7 Å². The van der Waals surface area contributed by atoms with Gasteiger partial charge in [0.2, 0.25) is 0 Å². The van der Waals surface area contributed by atoms with Crippen LogP contribution >= 0.6 is 0 Å². The molecule has 20 heavy (non-hydrogen) atoms. The molecule has 0 fully saturated rings. The minimum Gasteiger partial charge on any atom is -0.481 e. The van der Waals surface area contributed by atoms with Gasteiger partial charge >= 0.3 is 12.0 Å². The number of aliphatic carboxylic acids is 1. The first-order chi connectivity index (χ1) is 9.34. The molecule has 1 aromatic carbocycles. The lowest BCUT2D eigenvalue weighted by atomic mass is 9.99. The van der Waals surface area contributed by atoms with Crippen LogP contribution in [-0.4, -0.2) is 22.6 Å². The van der Waals surface area contributed by atoms with Crippen LogP contribution in [0.3, 0.4) is 0 Å². The molecular weight excluding hydrogens is 256 g/mol. The van der Waals surface area contributed by atoms with E-state index >= 15 is 0 Å². The van der Waals surface area contributed by atoms with Crippen molar-refractivity contribution in [3.8, 4) is 0 Å². The van der Waals surface area contributed by atoms with E-state index in [0.29, 0.717) is 11.3 Å². The van der Waals surface area contributed by atoms with Gasteiger partial charge in [0.1, 0.15) is 0 Å². The van der Waals surface area contributed by atoms with Crippen LogP contribution in [0, 0.1) is 0 Å². The molecule has 0 saturated carbocycles. The third-order valence-electron chi connectivity index (χ3n) is 2.93. The van der Waals surface area contributed by atoms with Gasteiger partial charge in [-0.3, -0.25) is 4.79 Å². The van der Waals surface area contributed by atoms with Crippen LogP contribution in [0.2, 0.25) is 0 Å². The Labute approximate surface area is 119 Å². The molecule has 110 valence electrons. The van der Waals surface area contributed by atoms with Crippen molar-refractivity contribution in [2.75, 3.05) is 5.32 Å². The summed E-state index contributed by atoms with van der Waals surface area (Å²) in [7, 11) is 0. The summed E-state index contributed by atoms with van der Waals surface area (Å²) in [5.74, 6) is -0.925. The topological polar surface area (TPSA) is 78.4 Å². The van der Waals surface area contributed by atoms with Gasteiger partial charge in [0.15, 0.2) is 0 Å². The number of benzene rings is 1. The molecule has 0 aliphatic rings. The first-order valence-electron chi connectivity index (χ1n) is 6.73. The zero-order valence-electron chi connectivity index (χ0n) is 12.2. The van der Waals surface area contributed by atoms with Gasteiger partial charge in [-0.05, 0) is 31.9 Å². The summed E-state index contributed by atoms with van der Waals surface area (Å²) in [6.45, 7) is 5.97. The smallest absolute Gasteiger partial charge is 0.319 e. The van der Waals surface area contributed by atoms with Crippen LogP contribution in [0.4, 0.5) is 10.5 Å². The van der Waals surface area contributed by atoms with Crippen LogP contribution < -0.4 is 10.6 Å². The van der Waals surface area contributed by atoms with Crippen molar-refractivity contribution in [2.24, 2.45) is 0 Å². The van der Waals surface area contributed by atoms with Crippen LogP contribution in [0.1, 0.15) is 39.2 Å². The van der Waals surface area contributed by atoms with Gasteiger partial charge < -0.3 is 15.7 Å². The van der Waals surface area contributed by atoms with Crippen LogP contribution in [0.25, 0.3) is 0 Å². The number of urea groups is 1. The maximum Gasteiger partial charge on any atom is 0.319 e. The van der Waals surface area contributed by atoms with Gasteiger partial charge in [0, 0.05) is 11.2 Å². The van der Waals surface area contributed by atoms with E-state index in [1.807, 2.05) is 13.8 Å². The van der Waals surface area contributed by atoms with E-state index in [9.17, 15) is 9.59 Å². The second-order valence-electron chi connectivity index (χ2n) is 5.44. The van der Waals surface area contributed by atoms with E-state index in [1.165, 1.54) is 0 Å². The fourth-order valence-electron chi connectivity index (χ4n) is 2.11. The van der Waals surface area contributed by atoms with Gasteiger partial charge in [0.05, 0.1) is 6.42 Å². The molecule has 1 rings (SSSR count). The number of anilines is 1. The molecule has 0 heterocycles. The summed E-state index contributed by atoms with van der Waals surface area (Å²) < 4.78 is 0. The summed E-state index contributed by atoms with van der Waals surface area (Å²) >= 11 is 0. The lowest BCUT2D eigenvalue weighted by molar-refractivity contribution is -0.136. The largest absolute Gasteiger partial charge is 0.481 e. The zero-order chi connectivity index (χ0) is 15.2. The Hall–Kier alpha value is -2.04. The Kier molecular flexibility index (Phi) is 5.55. The highest BCUT2D eigenvalue weighted by Gasteiger charge is 2.19. The number of hydrogen-bond donors (Lipinski definition) is 3. The van der Waals surface area contributed by atoms with Gasteiger partial charge in [-0.25, -0.2) is 4.79 Å². The number of para-hydroxylation sites is 1. The van der Waals surface area contributed by atoms with Crippen molar-refractivity contribution < 1.29 is 14.7 Å². The zero-order valence-corrected chi connectivity index (χ0v) is 12.2. The second kappa shape index (κ2) is 6.93. The quantitative estimate of drug-likeness (QED) is 0.748. The summed E-state index contributed by atoms with van der Waals surface area (Å²) in [4.78, 5) is 22.8. The number of carbonyl (C=O) groups is 2. The minimum atomic E-state index is -0.925. The lowest BCUT2D eigenvalue weighted by Crippen LogP contribution is -2.45. The number of rotatable bonds is 6. The summed E-state index contributed by atoms with van der Waals surface area (Å²) in [5.41, 5.74) is 0.823. The van der Waals surface area contributed by atoms with Crippen molar-refractivity contribution in [1.29, 1.82) is 0 Å². The Bertz CT molecular complexity index is 484. The van der Waals surface area contributed by atoms with Crippen LogP contribution in [0.5, 0.6) is 0 Å². The molecule has 3 N–H and O–H groups in total. The summed E-state index contributed by atoms with van der Waals surface area (Å²) in [5, 5.41) is 14.5. The first kappa shape index (κ1) is 16.0. The molecule has 0 saturated heterocycles. The molecular formula is C15H22N2O3. The van der Waals surface area contributed by atoms with E-state index in [-0.39, 0.29) is 18.0 Å². The van der Waals surface area contributed by atoms with Gasteiger partial charge in [-0.2, -0.15) is 0 Å². The maximum atomic E-state index is 12.0. The third kappa shape index (κ3) is 5.30. The van der Waals surface area contributed by atoms with E-state index in [4.69, 9.17) is 5.11 Å². The highest BCUT2D eigenvalue weighted by molar-refractivity contribution is 5.91. The Morgan fingerprint density at radius 3 is 2.50 bits per heavy atom. The average molecular weight is 278 g/mol. The minimum absolute atomic E-state index is 0.116.